The molecule has 1 aliphatic carbocycles. The highest BCUT2D eigenvalue weighted by molar-refractivity contribution is 7.90. The third-order valence-electron chi connectivity index (χ3n) is 9.16. The number of likely N-dealkylation sites (tertiary alicyclic amines) is 1. The van der Waals surface area contributed by atoms with E-state index in [0.29, 0.717) is 31.0 Å². The highest BCUT2D eigenvalue weighted by Gasteiger charge is 2.44. The van der Waals surface area contributed by atoms with Gasteiger partial charge in [-0.1, -0.05) is 12.8 Å². The molecule has 9 nitrogen and oxygen atoms in total. The summed E-state index contributed by atoms with van der Waals surface area (Å²) in [6, 6.07) is 0.872. The van der Waals surface area contributed by atoms with Crippen molar-refractivity contribution in [3.63, 3.8) is 0 Å². The molecule has 6 unspecified atom stereocenters. The van der Waals surface area contributed by atoms with Crippen LogP contribution in [0.2, 0.25) is 0 Å². The molecule has 5 fully saturated rings. The number of rotatable bonds is 6. The van der Waals surface area contributed by atoms with Gasteiger partial charge in [0.2, 0.25) is 10.0 Å². The van der Waals surface area contributed by atoms with E-state index in [4.69, 9.17) is 0 Å². The molecule has 0 bridgehead atoms. The number of hydrogen-bond acceptors (Lipinski definition) is 8. The van der Waals surface area contributed by atoms with Crippen molar-refractivity contribution in [3.8, 4) is 0 Å². The predicted molar refractivity (Wildman–Crippen MR) is 131 cm³/mol. The molecule has 5 aliphatic rings. The summed E-state index contributed by atoms with van der Waals surface area (Å²) in [5.41, 5.74) is 6.83. The van der Waals surface area contributed by atoms with Gasteiger partial charge in [-0.25, -0.2) is 23.2 Å². The van der Waals surface area contributed by atoms with Crippen LogP contribution < -0.4 is 20.9 Å². The van der Waals surface area contributed by atoms with Crippen LogP contribution in [0.4, 0.5) is 0 Å². The number of nitrogens with zero attached hydrogens (tertiary/aromatic N) is 3. The molecule has 0 aromatic rings. The number of hydrogen-bond donors (Lipinski definition) is 4. The number of nitrogens with one attached hydrogen (secondary N) is 4. The molecule has 7 atom stereocenters. The van der Waals surface area contributed by atoms with Crippen LogP contribution in [-0.2, 0) is 10.0 Å². The van der Waals surface area contributed by atoms with Crippen LogP contribution in [0.25, 0.3) is 0 Å². The number of likely N-dealkylation sites (N-methyl/N-ethyl adjacent to an activating group) is 1. The molecule has 4 aliphatic heterocycles. The van der Waals surface area contributed by atoms with Crippen molar-refractivity contribution in [2.45, 2.75) is 87.8 Å². The summed E-state index contributed by atoms with van der Waals surface area (Å²) < 4.78 is 29.8. The Bertz CT molecular complexity index is 760. The number of hydrazine groups is 2. The van der Waals surface area contributed by atoms with E-state index in [1.807, 2.05) is 7.05 Å². The molecule has 4 heterocycles. The van der Waals surface area contributed by atoms with E-state index < -0.39 is 15.3 Å². The van der Waals surface area contributed by atoms with Crippen molar-refractivity contribution in [1.82, 2.24) is 35.8 Å². The average Bonchev–Trinajstić information content (AvgIpc) is 3.48. The molecule has 5 rings (SSSR count). The van der Waals surface area contributed by atoms with Gasteiger partial charge in [0.05, 0.1) is 6.17 Å². The number of fused-ring (bicyclic) bond motifs is 1. The lowest BCUT2D eigenvalue weighted by Crippen LogP contribution is -2.56. The Balaban J connectivity index is 1.16. The quantitative estimate of drug-likeness (QED) is 0.428. The zero-order chi connectivity index (χ0) is 23.0. The third-order valence-corrected chi connectivity index (χ3v) is 11.0. The predicted octanol–water partition coefficient (Wildman–Crippen LogP) is 0.282. The second kappa shape index (κ2) is 10.3. The highest BCUT2D eigenvalue weighted by atomic mass is 32.2. The van der Waals surface area contributed by atoms with E-state index in [1.54, 1.807) is 0 Å². The smallest absolute Gasteiger partial charge is 0.217 e. The lowest BCUT2D eigenvalue weighted by molar-refractivity contribution is 0.0510. The van der Waals surface area contributed by atoms with Crippen LogP contribution >= 0.6 is 0 Å². The van der Waals surface area contributed by atoms with Crippen LogP contribution in [0.5, 0.6) is 0 Å². The summed E-state index contributed by atoms with van der Waals surface area (Å²) in [5.74, 6) is 1.20. The summed E-state index contributed by atoms with van der Waals surface area (Å²) >= 11 is 0. The van der Waals surface area contributed by atoms with E-state index in [9.17, 15) is 8.42 Å². The second-order valence-electron chi connectivity index (χ2n) is 11.2. The first-order valence-corrected chi connectivity index (χ1v) is 14.9. The molecular weight excluding hydrogens is 438 g/mol. The normalized spacial score (nSPS) is 40.7. The Labute approximate surface area is 200 Å². The lowest BCUT2D eigenvalue weighted by Gasteiger charge is -2.42. The first-order valence-electron chi connectivity index (χ1n) is 13.4. The van der Waals surface area contributed by atoms with Crippen molar-refractivity contribution >= 4 is 10.0 Å². The molecule has 0 spiro atoms. The minimum Gasteiger partial charge on any atom is -0.301 e. The van der Waals surface area contributed by atoms with Gasteiger partial charge in [-0.2, -0.15) is 0 Å². The van der Waals surface area contributed by atoms with Gasteiger partial charge >= 0.3 is 0 Å². The van der Waals surface area contributed by atoms with Gasteiger partial charge in [-0.05, 0) is 76.9 Å². The molecule has 190 valence electrons. The van der Waals surface area contributed by atoms with Gasteiger partial charge < -0.3 is 10.2 Å². The summed E-state index contributed by atoms with van der Waals surface area (Å²) in [6.07, 6.45) is 9.72. The van der Waals surface area contributed by atoms with E-state index in [1.165, 1.54) is 45.2 Å². The van der Waals surface area contributed by atoms with Crippen molar-refractivity contribution in [2.24, 2.45) is 11.8 Å². The maximum atomic E-state index is 13.4. The SMILES string of the molecule is C[C@@H](C1CCNC(N2CC(S(=O)(=O)NC3CCCC4CNN(C)C43)CN2)C1)N1CCCCC1. The van der Waals surface area contributed by atoms with Gasteiger partial charge in [0.1, 0.15) is 5.25 Å². The van der Waals surface area contributed by atoms with E-state index in [0.717, 1.165) is 32.4 Å². The van der Waals surface area contributed by atoms with Crippen molar-refractivity contribution in [1.29, 1.82) is 0 Å². The topological polar surface area (TPSA) is 92.0 Å². The van der Waals surface area contributed by atoms with Gasteiger partial charge in [-0.15, -0.1) is 0 Å². The number of piperidine rings is 2. The first kappa shape index (κ1) is 24.4. The maximum Gasteiger partial charge on any atom is 0.217 e. The Hall–Kier alpha value is -0.330. The molecule has 4 N–H and O–H groups in total. The summed E-state index contributed by atoms with van der Waals surface area (Å²) in [5, 5.41) is 7.55. The van der Waals surface area contributed by atoms with Gasteiger partial charge in [0.25, 0.3) is 0 Å². The highest BCUT2D eigenvalue weighted by Crippen LogP contribution is 2.32. The molecule has 4 saturated heterocycles. The fourth-order valence-electron chi connectivity index (χ4n) is 7.12. The molecule has 0 amide bonds. The fourth-order valence-corrected chi connectivity index (χ4v) is 8.64. The third kappa shape index (κ3) is 5.28. The van der Waals surface area contributed by atoms with Crippen LogP contribution in [-0.4, -0.2) is 99.2 Å². The van der Waals surface area contributed by atoms with Gasteiger partial charge in [0, 0.05) is 44.8 Å². The molecule has 1 saturated carbocycles. The minimum absolute atomic E-state index is 0.00498. The molecule has 0 radical (unpaired) electrons. The fraction of sp³-hybridized carbons (Fsp3) is 1.00. The Kier molecular flexibility index (Phi) is 7.64. The second-order valence-corrected chi connectivity index (χ2v) is 13.1. The maximum absolute atomic E-state index is 13.4. The zero-order valence-electron chi connectivity index (χ0n) is 20.5. The molecule has 33 heavy (non-hydrogen) atoms. The van der Waals surface area contributed by atoms with Gasteiger partial charge in [0.15, 0.2) is 0 Å². The van der Waals surface area contributed by atoms with Gasteiger partial charge in [-0.3, -0.25) is 10.9 Å². The molecule has 0 aromatic heterocycles. The van der Waals surface area contributed by atoms with E-state index in [-0.39, 0.29) is 18.2 Å². The monoisotopic (exact) mass is 483 g/mol. The van der Waals surface area contributed by atoms with Crippen LogP contribution in [0.15, 0.2) is 0 Å². The summed E-state index contributed by atoms with van der Waals surface area (Å²) in [6.45, 7) is 7.88. The summed E-state index contributed by atoms with van der Waals surface area (Å²) in [7, 11) is -1.34. The Morgan fingerprint density at radius 2 is 1.82 bits per heavy atom. The minimum atomic E-state index is -3.38. The van der Waals surface area contributed by atoms with E-state index >= 15 is 0 Å². The molecule has 10 heteroatoms. The molecular formula is C23H45N7O2S. The van der Waals surface area contributed by atoms with Crippen molar-refractivity contribution in [2.75, 3.05) is 46.3 Å². The average molecular weight is 484 g/mol. The standard InChI is InChI=1S/C23H45N7O2S/c1-17(29-11-4-3-5-12-29)18-9-10-24-22(13-18)30-16-20(15-26-30)33(31,32)27-21-8-6-7-19-14-25-28(2)23(19)21/h17-27H,3-16H2,1-2H3/t17-,18?,19?,20?,21?,22?,23?/m0/s1. The zero-order valence-corrected chi connectivity index (χ0v) is 21.3. The van der Waals surface area contributed by atoms with Crippen LogP contribution in [0, 0.1) is 11.8 Å². The summed E-state index contributed by atoms with van der Waals surface area (Å²) in [4.78, 5) is 2.68. The van der Waals surface area contributed by atoms with E-state index in [2.05, 4.69) is 42.7 Å². The van der Waals surface area contributed by atoms with Crippen LogP contribution in [0.3, 0.4) is 0 Å². The van der Waals surface area contributed by atoms with Crippen molar-refractivity contribution < 1.29 is 8.42 Å². The largest absolute Gasteiger partial charge is 0.301 e. The Morgan fingerprint density at radius 3 is 2.64 bits per heavy atom. The van der Waals surface area contributed by atoms with Crippen LogP contribution in [0.1, 0.15) is 58.3 Å². The lowest BCUT2D eigenvalue weighted by atomic mass is 9.82. The Morgan fingerprint density at radius 1 is 1.00 bits per heavy atom. The first-order chi connectivity index (χ1) is 15.9. The number of sulfonamides is 1. The van der Waals surface area contributed by atoms with Crippen molar-refractivity contribution in [3.05, 3.63) is 0 Å². The molecule has 0 aromatic carbocycles.